The van der Waals surface area contributed by atoms with E-state index in [4.69, 9.17) is 5.26 Å². The lowest BCUT2D eigenvalue weighted by atomic mass is 9.91. The van der Waals surface area contributed by atoms with Gasteiger partial charge in [-0.2, -0.15) is 5.26 Å². The molecule has 0 radical (unpaired) electrons. The van der Waals surface area contributed by atoms with Crippen LogP contribution in [0.4, 0.5) is 17.3 Å². The van der Waals surface area contributed by atoms with Gasteiger partial charge < -0.3 is 21.3 Å². The van der Waals surface area contributed by atoms with E-state index in [1.807, 2.05) is 12.1 Å². The van der Waals surface area contributed by atoms with Crippen molar-refractivity contribution in [1.29, 1.82) is 5.26 Å². The second kappa shape index (κ2) is 12.4. The van der Waals surface area contributed by atoms with Gasteiger partial charge in [-0.3, -0.25) is 4.79 Å². The average molecular weight is 463 g/mol. The Morgan fingerprint density at radius 3 is 2.62 bits per heavy atom. The summed E-state index contributed by atoms with van der Waals surface area (Å²) in [6.07, 6.45) is 11.4. The Balaban J connectivity index is 1.42. The molecule has 34 heavy (non-hydrogen) atoms. The van der Waals surface area contributed by atoms with E-state index in [1.54, 1.807) is 6.20 Å². The topological polar surface area (TPSA) is 128 Å². The van der Waals surface area contributed by atoms with E-state index in [1.165, 1.54) is 25.2 Å². The summed E-state index contributed by atoms with van der Waals surface area (Å²) in [6, 6.07) is 3.90. The highest BCUT2D eigenvalue weighted by atomic mass is 16.1. The highest BCUT2D eigenvalue weighted by Gasteiger charge is 2.17. The maximum absolute atomic E-state index is 12.8. The Hall–Kier alpha value is -3.09. The standard InChI is InChI=1S/C25H34N8O/c26-12-21-16-32-25(17-29-21)33-24-11-23(30-14-19-2-1-7-28-13-19)20(15-31-24)10-22(34)4-3-18-5-8-27-9-6-18/h11,15-19,27-28H,1-10,13-14H2,(H2,30,31,32,33). The second-order valence-electron chi connectivity index (χ2n) is 9.29. The van der Waals surface area contributed by atoms with Crippen molar-refractivity contribution in [3.63, 3.8) is 0 Å². The van der Waals surface area contributed by atoms with Crippen molar-refractivity contribution in [1.82, 2.24) is 25.6 Å². The Labute approximate surface area is 201 Å². The van der Waals surface area contributed by atoms with Gasteiger partial charge in [0.1, 0.15) is 23.5 Å². The minimum absolute atomic E-state index is 0.264. The van der Waals surface area contributed by atoms with E-state index in [2.05, 4.69) is 36.2 Å². The largest absolute Gasteiger partial charge is 0.384 e. The normalized spacial score (nSPS) is 18.7. The minimum Gasteiger partial charge on any atom is -0.384 e. The Morgan fingerprint density at radius 2 is 1.88 bits per heavy atom. The predicted molar refractivity (Wildman–Crippen MR) is 132 cm³/mol. The molecule has 2 aromatic rings. The summed E-state index contributed by atoms with van der Waals surface area (Å²) in [5.41, 5.74) is 2.12. The number of nitrogens with one attached hydrogen (secondary N) is 4. The third-order valence-corrected chi connectivity index (χ3v) is 6.67. The number of hydrogen-bond acceptors (Lipinski definition) is 9. The summed E-state index contributed by atoms with van der Waals surface area (Å²) in [7, 11) is 0. The van der Waals surface area contributed by atoms with E-state index in [0.717, 1.165) is 63.2 Å². The molecule has 2 aromatic heterocycles. The number of anilines is 3. The molecular weight excluding hydrogens is 428 g/mol. The van der Waals surface area contributed by atoms with Crippen LogP contribution in [0, 0.1) is 23.2 Å². The van der Waals surface area contributed by atoms with Crippen LogP contribution in [0.1, 0.15) is 49.8 Å². The molecule has 4 rings (SSSR count). The Morgan fingerprint density at radius 1 is 1.03 bits per heavy atom. The molecule has 2 aliphatic heterocycles. The zero-order valence-electron chi connectivity index (χ0n) is 19.6. The van der Waals surface area contributed by atoms with Gasteiger partial charge in [-0.05, 0) is 70.1 Å². The lowest BCUT2D eigenvalue weighted by Crippen LogP contribution is -2.33. The first-order valence-corrected chi connectivity index (χ1v) is 12.3. The fourth-order valence-corrected chi connectivity index (χ4v) is 4.63. The van der Waals surface area contributed by atoms with Crippen LogP contribution in [-0.2, 0) is 11.2 Å². The predicted octanol–water partition coefficient (Wildman–Crippen LogP) is 2.79. The molecule has 0 aromatic carbocycles. The highest BCUT2D eigenvalue weighted by Crippen LogP contribution is 2.24. The molecule has 0 saturated carbocycles. The van der Waals surface area contributed by atoms with Gasteiger partial charge in [-0.15, -0.1) is 0 Å². The quantitative estimate of drug-likeness (QED) is 0.421. The minimum atomic E-state index is 0.264. The number of aromatic nitrogens is 3. The third-order valence-electron chi connectivity index (χ3n) is 6.67. The number of carbonyl (C=O) groups is 1. The van der Waals surface area contributed by atoms with Crippen LogP contribution >= 0.6 is 0 Å². The molecule has 0 amide bonds. The molecule has 2 saturated heterocycles. The van der Waals surface area contributed by atoms with Crippen molar-refractivity contribution in [2.75, 3.05) is 43.4 Å². The van der Waals surface area contributed by atoms with E-state index in [9.17, 15) is 4.79 Å². The summed E-state index contributed by atoms with van der Waals surface area (Å²) in [4.78, 5) is 25.6. The summed E-state index contributed by atoms with van der Waals surface area (Å²) in [6.45, 7) is 5.07. The van der Waals surface area contributed by atoms with Crippen LogP contribution in [0.25, 0.3) is 0 Å². The molecule has 9 nitrogen and oxygen atoms in total. The molecule has 0 spiro atoms. The monoisotopic (exact) mass is 462 g/mol. The molecule has 1 unspecified atom stereocenters. The molecule has 4 heterocycles. The van der Waals surface area contributed by atoms with E-state index < -0.39 is 0 Å². The van der Waals surface area contributed by atoms with Gasteiger partial charge in [-0.25, -0.2) is 15.0 Å². The van der Waals surface area contributed by atoms with Gasteiger partial charge >= 0.3 is 0 Å². The summed E-state index contributed by atoms with van der Waals surface area (Å²) < 4.78 is 0. The first kappa shape index (κ1) is 24.0. The lowest BCUT2D eigenvalue weighted by Gasteiger charge is -2.24. The van der Waals surface area contributed by atoms with Crippen molar-refractivity contribution >= 4 is 23.1 Å². The molecule has 9 heteroatoms. The van der Waals surface area contributed by atoms with E-state index in [-0.39, 0.29) is 11.5 Å². The molecule has 2 aliphatic rings. The Kier molecular flexibility index (Phi) is 8.77. The van der Waals surface area contributed by atoms with Gasteiger partial charge in [-0.1, -0.05) is 0 Å². The molecule has 0 bridgehead atoms. The zero-order valence-corrected chi connectivity index (χ0v) is 19.6. The van der Waals surface area contributed by atoms with Crippen molar-refractivity contribution in [3.8, 4) is 6.07 Å². The molecule has 1 atom stereocenters. The Bertz CT molecular complexity index is 975. The lowest BCUT2D eigenvalue weighted by molar-refractivity contribution is -0.118. The fourth-order valence-electron chi connectivity index (χ4n) is 4.63. The number of hydrogen-bond donors (Lipinski definition) is 4. The highest BCUT2D eigenvalue weighted by molar-refractivity contribution is 5.82. The summed E-state index contributed by atoms with van der Waals surface area (Å²) >= 11 is 0. The molecule has 4 N–H and O–H groups in total. The van der Waals surface area contributed by atoms with Gasteiger partial charge in [0.05, 0.1) is 12.4 Å². The summed E-state index contributed by atoms with van der Waals surface area (Å²) in [5, 5.41) is 22.5. The second-order valence-corrected chi connectivity index (χ2v) is 9.29. The fraction of sp³-hybridized carbons (Fsp3) is 0.560. The number of nitrogens with zero attached hydrogens (tertiary/aromatic N) is 4. The maximum atomic E-state index is 12.8. The number of nitriles is 1. The van der Waals surface area contributed by atoms with Gasteiger partial charge in [0.25, 0.3) is 0 Å². The third kappa shape index (κ3) is 7.20. The van der Waals surface area contributed by atoms with Crippen molar-refractivity contribution < 1.29 is 4.79 Å². The van der Waals surface area contributed by atoms with Crippen LogP contribution in [0.5, 0.6) is 0 Å². The number of piperidine rings is 2. The number of ketones is 1. The zero-order chi connectivity index (χ0) is 23.6. The van der Waals surface area contributed by atoms with Crippen LogP contribution in [0.15, 0.2) is 24.7 Å². The average Bonchev–Trinajstić information content (AvgIpc) is 2.89. The van der Waals surface area contributed by atoms with E-state index in [0.29, 0.717) is 36.3 Å². The van der Waals surface area contributed by atoms with Gasteiger partial charge in [0.2, 0.25) is 0 Å². The number of rotatable bonds is 10. The van der Waals surface area contributed by atoms with Crippen LogP contribution in [-0.4, -0.2) is 53.5 Å². The molecular formula is C25H34N8O. The number of carbonyl (C=O) groups excluding carboxylic acids is 1. The molecule has 180 valence electrons. The van der Waals surface area contributed by atoms with Crippen molar-refractivity contribution in [2.45, 2.75) is 44.9 Å². The van der Waals surface area contributed by atoms with Crippen LogP contribution in [0.2, 0.25) is 0 Å². The van der Waals surface area contributed by atoms with Crippen molar-refractivity contribution in [3.05, 3.63) is 35.9 Å². The van der Waals surface area contributed by atoms with Crippen molar-refractivity contribution in [2.24, 2.45) is 11.8 Å². The first-order chi connectivity index (χ1) is 16.7. The van der Waals surface area contributed by atoms with E-state index >= 15 is 0 Å². The maximum Gasteiger partial charge on any atom is 0.158 e. The molecule has 0 aliphatic carbocycles. The van der Waals surface area contributed by atoms with Crippen LogP contribution < -0.4 is 21.3 Å². The van der Waals surface area contributed by atoms with Crippen LogP contribution in [0.3, 0.4) is 0 Å². The number of pyridine rings is 1. The molecule has 2 fully saturated rings. The van der Waals surface area contributed by atoms with Gasteiger partial charge in [0.15, 0.2) is 5.69 Å². The van der Waals surface area contributed by atoms with Gasteiger partial charge in [0, 0.05) is 42.9 Å². The number of Topliss-reactive ketones (excluding diaryl/α,β-unsaturated/α-hetero) is 1. The first-order valence-electron chi connectivity index (χ1n) is 12.3. The SMILES string of the molecule is N#Cc1cnc(Nc2cc(NCC3CCCNC3)c(CC(=O)CCC3CCNCC3)cn2)cn1. The summed E-state index contributed by atoms with van der Waals surface area (Å²) in [5.74, 6) is 2.61. The smallest absolute Gasteiger partial charge is 0.158 e.